The number of rotatable bonds is 3. The third-order valence-corrected chi connectivity index (χ3v) is 3.32. The van der Waals surface area contributed by atoms with Crippen LogP contribution in [0.15, 0.2) is 6.07 Å². The van der Waals surface area contributed by atoms with E-state index >= 15 is 0 Å². The van der Waals surface area contributed by atoms with Crippen molar-refractivity contribution in [1.82, 2.24) is 15.1 Å². The summed E-state index contributed by atoms with van der Waals surface area (Å²) in [5.74, 6) is 0.590. The minimum Gasteiger partial charge on any atom is -0.337 e. The van der Waals surface area contributed by atoms with E-state index in [1.54, 1.807) is 0 Å². The molecular weight excluding hydrogens is 250 g/mol. The summed E-state index contributed by atoms with van der Waals surface area (Å²) in [5.41, 5.74) is 2.57. The number of aryl methyl sites for hydroxylation is 1. The quantitative estimate of drug-likeness (QED) is 0.852. The largest absolute Gasteiger partial charge is 0.337 e. The van der Waals surface area contributed by atoms with Gasteiger partial charge < -0.3 is 4.90 Å². The fourth-order valence-electron chi connectivity index (χ4n) is 2.32. The smallest absolute Gasteiger partial charge is 0.274 e. The molecule has 1 saturated heterocycles. The van der Waals surface area contributed by atoms with Crippen LogP contribution in [-0.4, -0.2) is 34.1 Å². The highest BCUT2D eigenvalue weighted by Gasteiger charge is 2.21. The fraction of sp³-hybridized carbons (Fsp3) is 0.688. The Morgan fingerprint density at radius 2 is 1.85 bits per heavy atom. The van der Waals surface area contributed by atoms with Crippen molar-refractivity contribution < 1.29 is 4.79 Å². The topological polar surface area (TPSA) is 46.1 Å². The summed E-state index contributed by atoms with van der Waals surface area (Å²) in [5, 5.41) is 8.18. The minimum absolute atomic E-state index is 0.0324. The number of aromatic nitrogens is 2. The summed E-state index contributed by atoms with van der Waals surface area (Å²) >= 11 is 0. The first-order chi connectivity index (χ1) is 9.58. The van der Waals surface area contributed by atoms with Crippen LogP contribution in [0.3, 0.4) is 0 Å². The van der Waals surface area contributed by atoms with Crippen molar-refractivity contribution in [2.45, 2.75) is 53.9 Å². The van der Waals surface area contributed by atoms with Gasteiger partial charge in [-0.25, -0.2) is 0 Å². The zero-order valence-corrected chi connectivity index (χ0v) is 13.4. The van der Waals surface area contributed by atoms with Crippen LogP contribution < -0.4 is 0 Å². The van der Waals surface area contributed by atoms with E-state index in [1.807, 2.05) is 31.7 Å². The highest BCUT2D eigenvalue weighted by Crippen LogP contribution is 2.15. The lowest BCUT2D eigenvalue weighted by Crippen LogP contribution is -2.29. The highest BCUT2D eigenvalue weighted by molar-refractivity contribution is 5.92. The number of amides is 1. The molecule has 0 atom stereocenters. The Bertz CT molecular complexity index is 437. The van der Waals surface area contributed by atoms with E-state index in [0.717, 1.165) is 43.6 Å². The van der Waals surface area contributed by atoms with E-state index in [-0.39, 0.29) is 5.91 Å². The first-order valence-electron chi connectivity index (χ1n) is 7.70. The van der Waals surface area contributed by atoms with Crippen LogP contribution in [-0.2, 0) is 6.42 Å². The summed E-state index contributed by atoms with van der Waals surface area (Å²) in [7, 11) is 0. The van der Waals surface area contributed by atoms with Crippen molar-refractivity contribution in [2.24, 2.45) is 5.92 Å². The molecule has 4 heteroatoms. The van der Waals surface area contributed by atoms with Gasteiger partial charge in [-0.2, -0.15) is 5.10 Å². The number of carbonyl (C=O) groups is 1. The number of hydrogen-bond acceptors (Lipinski definition) is 3. The molecule has 0 bridgehead atoms. The van der Waals surface area contributed by atoms with Crippen LogP contribution in [0.25, 0.3) is 0 Å². The first-order valence-corrected chi connectivity index (χ1v) is 7.70. The van der Waals surface area contributed by atoms with Gasteiger partial charge in [-0.3, -0.25) is 4.79 Å². The maximum atomic E-state index is 12.2. The molecule has 4 nitrogen and oxygen atoms in total. The monoisotopic (exact) mass is 277 g/mol. The molecule has 112 valence electrons. The SMILES string of the molecule is CC.Cc1nnc(C(=O)N2CCCC2)cc1CC(C)C. The van der Waals surface area contributed by atoms with Crippen molar-refractivity contribution in [3.8, 4) is 0 Å². The van der Waals surface area contributed by atoms with E-state index in [4.69, 9.17) is 0 Å². The summed E-state index contributed by atoms with van der Waals surface area (Å²) in [6, 6.07) is 1.92. The average Bonchev–Trinajstić information content (AvgIpc) is 2.96. The molecule has 1 aliphatic rings. The maximum absolute atomic E-state index is 12.2. The van der Waals surface area contributed by atoms with Gasteiger partial charge in [-0.1, -0.05) is 27.7 Å². The number of nitrogens with zero attached hydrogens (tertiary/aromatic N) is 3. The molecule has 1 aromatic rings. The van der Waals surface area contributed by atoms with Crippen LogP contribution >= 0.6 is 0 Å². The Morgan fingerprint density at radius 3 is 2.40 bits per heavy atom. The van der Waals surface area contributed by atoms with E-state index in [0.29, 0.717) is 11.6 Å². The molecule has 1 amide bonds. The summed E-state index contributed by atoms with van der Waals surface area (Å²) in [6.07, 6.45) is 3.15. The van der Waals surface area contributed by atoms with Gasteiger partial charge in [0.05, 0.1) is 5.69 Å². The van der Waals surface area contributed by atoms with Crippen molar-refractivity contribution in [3.05, 3.63) is 23.0 Å². The number of likely N-dealkylation sites (tertiary alicyclic amines) is 1. The molecule has 2 heterocycles. The zero-order chi connectivity index (χ0) is 15.1. The molecule has 20 heavy (non-hydrogen) atoms. The predicted molar refractivity (Wildman–Crippen MR) is 81.8 cm³/mol. The van der Waals surface area contributed by atoms with Gasteiger partial charge in [0, 0.05) is 13.1 Å². The number of hydrogen-bond donors (Lipinski definition) is 0. The second kappa shape index (κ2) is 7.98. The Hall–Kier alpha value is -1.45. The van der Waals surface area contributed by atoms with Crippen LogP contribution in [0.5, 0.6) is 0 Å². The zero-order valence-electron chi connectivity index (χ0n) is 13.4. The molecule has 0 aliphatic carbocycles. The molecule has 2 rings (SSSR count). The lowest BCUT2D eigenvalue weighted by molar-refractivity contribution is 0.0785. The molecule has 0 N–H and O–H groups in total. The molecule has 0 spiro atoms. The van der Waals surface area contributed by atoms with Gasteiger partial charge in [0.2, 0.25) is 0 Å². The van der Waals surface area contributed by atoms with Gasteiger partial charge in [0.1, 0.15) is 0 Å². The van der Waals surface area contributed by atoms with Gasteiger partial charge >= 0.3 is 0 Å². The molecule has 1 aromatic heterocycles. The van der Waals surface area contributed by atoms with Crippen molar-refractivity contribution in [3.63, 3.8) is 0 Å². The van der Waals surface area contributed by atoms with Gasteiger partial charge in [-0.05, 0) is 43.7 Å². The Labute approximate surface area is 122 Å². The summed E-state index contributed by atoms with van der Waals surface area (Å²) in [4.78, 5) is 14.1. The van der Waals surface area contributed by atoms with Crippen LogP contribution in [0, 0.1) is 12.8 Å². The van der Waals surface area contributed by atoms with Crippen LogP contribution in [0.2, 0.25) is 0 Å². The van der Waals surface area contributed by atoms with E-state index in [1.165, 1.54) is 0 Å². The number of carbonyl (C=O) groups excluding carboxylic acids is 1. The molecule has 1 aliphatic heterocycles. The van der Waals surface area contributed by atoms with Crippen molar-refractivity contribution in [2.75, 3.05) is 13.1 Å². The second-order valence-corrected chi connectivity index (χ2v) is 5.44. The molecule has 0 radical (unpaired) electrons. The lowest BCUT2D eigenvalue weighted by Gasteiger charge is -2.15. The van der Waals surface area contributed by atoms with E-state index in [2.05, 4.69) is 24.0 Å². The van der Waals surface area contributed by atoms with Crippen molar-refractivity contribution >= 4 is 5.91 Å². The standard InChI is InChI=1S/C14H21N3O.C2H6/c1-10(2)8-12-9-13(16-15-11(12)3)14(18)17-6-4-5-7-17;1-2/h9-10H,4-8H2,1-3H3;1-2H3. The van der Waals surface area contributed by atoms with Gasteiger partial charge in [0.25, 0.3) is 5.91 Å². The maximum Gasteiger partial charge on any atom is 0.274 e. The summed E-state index contributed by atoms with van der Waals surface area (Å²) in [6.45, 7) is 12.0. The molecule has 1 fully saturated rings. The van der Waals surface area contributed by atoms with Gasteiger partial charge in [-0.15, -0.1) is 5.10 Å². The third-order valence-electron chi connectivity index (χ3n) is 3.32. The molecule has 0 unspecified atom stereocenters. The highest BCUT2D eigenvalue weighted by atomic mass is 16.2. The first kappa shape index (κ1) is 16.6. The Kier molecular flexibility index (Phi) is 6.62. The minimum atomic E-state index is 0.0324. The average molecular weight is 277 g/mol. The van der Waals surface area contributed by atoms with E-state index < -0.39 is 0 Å². The Balaban J connectivity index is 0.000000956. The second-order valence-electron chi connectivity index (χ2n) is 5.44. The van der Waals surface area contributed by atoms with E-state index in [9.17, 15) is 4.79 Å². The Morgan fingerprint density at radius 1 is 1.25 bits per heavy atom. The van der Waals surface area contributed by atoms with Gasteiger partial charge in [0.15, 0.2) is 5.69 Å². The molecule has 0 saturated carbocycles. The fourth-order valence-corrected chi connectivity index (χ4v) is 2.32. The molecule has 0 aromatic carbocycles. The predicted octanol–water partition coefficient (Wildman–Crippen LogP) is 3.25. The normalized spacial score (nSPS) is 14.2. The summed E-state index contributed by atoms with van der Waals surface area (Å²) < 4.78 is 0. The van der Waals surface area contributed by atoms with Crippen LogP contribution in [0.1, 0.15) is 62.3 Å². The van der Waals surface area contributed by atoms with Crippen LogP contribution in [0.4, 0.5) is 0 Å². The molecular formula is C16H27N3O. The third kappa shape index (κ3) is 4.29. The van der Waals surface area contributed by atoms with Crippen molar-refractivity contribution in [1.29, 1.82) is 0 Å². The lowest BCUT2D eigenvalue weighted by atomic mass is 10.0.